The Morgan fingerprint density at radius 3 is 2.46 bits per heavy atom. The Bertz CT molecular complexity index is 552. The van der Waals surface area contributed by atoms with Crippen molar-refractivity contribution in [2.75, 3.05) is 18.8 Å². The molecule has 1 heterocycles. The molecule has 8 nitrogen and oxygen atoms in total. The highest BCUT2D eigenvalue weighted by atomic mass is 32.2. The van der Waals surface area contributed by atoms with Gasteiger partial charge in [0.2, 0.25) is 11.8 Å². The maximum atomic E-state index is 11.9. The van der Waals surface area contributed by atoms with Crippen LogP contribution in [-0.2, 0) is 9.53 Å². The topological polar surface area (TPSA) is 97.6 Å². The third kappa shape index (κ3) is 6.77. The van der Waals surface area contributed by atoms with Crippen LogP contribution < -0.4 is 5.32 Å². The summed E-state index contributed by atoms with van der Waals surface area (Å²) in [6, 6.07) is -0.486. The monoisotopic (exact) mass is 358 g/mol. The number of carbonyl (C=O) groups is 2. The van der Waals surface area contributed by atoms with Gasteiger partial charge in [-0.2, -0.15) is 0 Å². The average Bonchev–Trinajstić information content (AvgIpc) is 2.93. The largest absolute Gasteiger partial charge is 0.444 e. The van der Waals surface area contributed by atoms with Crippen molar-refractivity contribution in [1.82, 2.24) is 20.4 Å². The quantitative estimate of drug-likeness (QED) is 0.748. The van der Waals surface area contributed by atoms with E-state index in [1.807, 2.05) is 13.8 Å². The SMILES string of the molecule is CCN(CC)C(=O)CSc1nnc(C(C)NC(=O)OC(C)(C)C)o1. The van der Waals surface area contributed by atoms with Gasteiger partial charge in [-0.15, -0.1) is 10.2 Å². The van der Waals surface area contributed by atoms with E-state index in [0.717, 1.165) is 0 Å². The molecule has 0 spiro atoms. The Kier molecular flexibility index (Phi) is 7.53. The Morgan fingerprint density at radius 1 is 1.29 bits per heavy atom. The van der Waals surface area contributed by atoms with Gasteiger partial charge in [-0.3, -0.25) is 4.79 Å². The lowest BCUT2D eigenvalue weighted by molar-refractivity contribution is -0.127. The van der Waals surface area contributed by atoms with Gasteiger partial charge in [-0.25, -0.2) is 4.79 Å². The standard InChI is InChI=1S/C15H26N4O4S/c1-7-19(8-2)11(20)9-24-14-18-17-12(22-14)10(3)16-13(21)23-15(4,5)6/h10H,7-9H2,1-6H3,(H,16,21). The van der Waals surface area contributed by atoms with Crippen molar-refractivity contribution in [3.8, 4) is 0 Å². The Labute approximate surface area is 146 Å². The summed E-state index contributed by atoms with van der Waals surface area (Å²) in [6.07, 6.45) is -0.556. The molecule has 0 aliphatic heterocycles. The van der Waals surface area contributed by atoms with Crippen molar-refractivity contribution in [3.63, 3.8) is 0 Å². The van der Waals surface area contributed by atoms with Crippen molar-refractivity contribution >= 4 is 23.8 Å². The molecule has 1 unspecified atom stereocenters. The normalized spacial score (nSPS) is 12.6. The molecule has 136 valence electrons. The number of carbonyl (C=O) groups excluding carboxylic acids is 2. The van der Waals surface area contributed by atoms with Gasteiger partial charge in [0, 0.05) is 13.1 Å². The molecule has 0 aliphatic rings. The number of thioether (sulfide) groups is 1. The second kappa shape index (κ2) is 8.91. The lowest BCUT2D eigenvalue weighted by atomic mass is 10.2. The fraction of sp³-hybridized carbons (Fsp3) is 0.733. The van der Waals surface area contributed by atoms with E-state index in [-0.39, 0.29) is 17.6 Å². The summed E-state index contributed by atoms with van der Waals surface area (Å²) in [5.41, 5.74) is -0.579. The van der Waals surface area contributed by atoms with Crippen molar-refractivity contribution in [2.24, 2.45) is 0 Å². The molecule has 1 N–H and O–H groups in total. The lowest BCUT2D eigenvalue weighted by Crippen LogP contribution is -2.34. The van der Waals surface area contributed by atoms with Crippen LogP contribution in [0.3, 0.4) is 0 Å². The summed E-state index contributed by atoms with van der Waals surface area (Å²) < 4.78 is 10.6. The third-order valence-corrected chi connectivity index (χ3v) is 3.76. The van der Waals surface area contributed by atoms with Gasteiger partial charge < -0.3 is 19.4 Å². The van der Waals surface area contributed by atoms with E-state index >= 15 is 0 Å². The predicted octanol–water partition coefficient (Wildman–Crippen LogP) is 2.62. The maximum Gasteiger partial charge on any atom is 0.408 e. The summed E-state index contributed by atoms with van der Waals surface area (Å²) >= 11 is 1.18. The van der Waals surface area contributed by atoms with E-state index in [4.69, 9.17) is 9.15 Å². The smallest absolute Gasteiger partial charge is 0.408 e. The molecule has 1 atom stereocenters. The summed E-state index contributed by atoms with van der Waals surface area (Å²) in [4.78, 5) is 25.4. The summed E-state index contributed by atoms with van der Waals surface area (Å²) in [7, 11) is 0. The molecule has 0 saturated carbocycles. The number of ether oxygens (including phenoxy) is 1. The highest BCUT2D eigenvalue weighted by Crippen LogP contribution is 2.20. The molecule has 0 radical (unpaired) electrons. The first-order chi connectivity index (χ1) is 11.2. The molecular weight excluding hydrogens is 332 g/mol. The van der Waals surface area contributed by atoms with Crippen LogP contribution in [0.25, 0.3) is 0 Å². The second-order valence-corrected chi connectivity index (χ2v) is 7.06. The molecule has 9 heteroatoms. The van der Waals surface area contributed by atoms with Gasteiger partial charge in [0.25, 0.3) is 5.22 Å². The molecular formula is C15H26N4O4S. The second-order valence-electron chi connectivity index (χ2n) is 6.13. The maximum absolute atomic E-state index is 11.9. The Morgan fingerprint density at radius 2 is 1.92 bits per heavy atom. The van der Waals surface area contributed by atoms with Crippen LogP contribution in [-0.4, -0.2) is 51.5 Å². The van der Waals surface area contributed by atoms with Gasteiger partial charge in [0.05, 0.1) is 5.75 Å². The Balaban J connectivity index is 2.53. The molecule has 0 bridgehead atoms. The molecule has 1 rings (SSSR count). The zero-order chi connectivity index (χ0) is 18.3. The molecule has 2 amide bonds. The minimum atomic E-state index is -0.579. The van der Waals surface area contributed by atoms with E-state index in [1.54, 1.807) is 32.6 Å². The number of amides is 2. The van der Waals surface area contributed by atoms with Crippen LogP contribution in [0.5, 0.6) is 0 Å². The highest BCUT2D eigenvalue weighted by Gasteiger charge is 2.21. The molecule has 0 fully saturated rings. The summed E-state index contributed by atoms with van der Waals surface area (Å²) in [5.74, 6) is 0.514. The summed E-state index contributed by atoms with van der Waals surface area (Å²) in [5, 5.41) is 10.7. The fourth-order valence-corrected chi connectivity index (χ4v) is 2.46. The molecule has 0 saturated heterocycles. The Hall–Kier alpha value is -1.77. The summed E-state index contributed by atoms with van der Waals surface area (Å²) in [6.45, 7) is 12.3. The van der Waals surface area contributed by atoms with E-state index in [0.29, 0.717) is 18.3 Å². The number of rotatable bonds is 7. The molecule has 1 aromatic heterocycles. The molecule has 1 aromatic rings. The van der Waals surface area contributed by atoms with E-state index in [1.165, 1.54) is 11.8 Å². The first kappa shape index (κ1) is 20.3. The number of nitrogens with zero attached hydrogens (tertiary/aromatic N) is 3. The van der Waals surface area contributed by atoms with Gasteiger partial charge >= 0.3 is 6.09 Å². The zero-order valence-corrected chi connectivity index (χ0v) is 15.9. The third-order valence-electron chi connectivity index (χ3n) is 2.96. The minimum Gasteiger partial charge on any atom is -0.444 e. The number of nitrogens with one attached hydrogen (secondary N) is 1. The lowest BCUT2D eigenvalue weighted by Gasteiger charge is -2.20. The fourth-order valence-electron chi connectivity index (χ4n) is 1.79. The van der Waals surface area contributed by atoms with Crippen LogP contribution in [0.15, 0.2) is 9.64 Å². The van der Waals surface area contributed by atoms with Gasteiger partial charge in [0.15, 0.2) is 0 Å². The van der Waals surface area contributed by atoms with Crippen LogP contribution >= 0.6 is 11.8 Å². The first-order valence-electron chi connectivity index (χ1n) is 7.89. The van der Waals surface area contributed by atoms with E-state index < -0.39 is 17.7 Å². The van der Waals surface area contributed by atoms with Gasteiger partial charge in [-0.1, -0.05) is 11.8 Å². The van der Waals surface area contributed by atoms with Crippen LogP contribution in [0.4, 0.5) is 4.79 Å². The zero-order valence-electron chi connectivity index (χ0n) is 15.1. The van der Waals surface area contributed by atoms with E-state index in [2.05, 4.69) is 15.5 Å². The van der Waals surface area contributed by atoms with Gasteiger partial charge in [0.1, 0.15) is 11.6 Å². The predicted molar refractivity (Wildman–Crippen MR) is 90.7 cm³/mol. The number of alkyl carbamates (subject to hydrolysis) is 1. The molecule has 24 heavy (non-hydrogen) atoms. The van der Waals surface area contributed by atoms with Crippen LogP contribution in [0, 0.1) is 0 Å². The molecule has 0 aromatic carbocycles. The number of aromatic nitrogens is 2. The highest BCUT2D eigenvalue weighted by molar-refractivity contribution is 7.99. The first-order valence-corrected chi connectivity index (χ1v) is 8.88. The number of hydrogen-bond donors (Lipinski definition) is 1. The van der Waals surface area contributed by atoms with Crippen LogP contribution in [0.2, 0.25) is 0 Å². The van der Waals surface area contributed by atoms with Crippen molar-refractivity contribution < 1.29 is 18.7 Å². The minimum absolute atomic E-state index is 0.0182. The van der Waals surface area contributed by atoms with Crippen LogP contribution in [0.1, 0.15) is 53.5 Å². The number of hydrogen-bond acceptors (Lipinski definition) is 7. The van der Waals surface area contributed by atoms with Crippen molar-refractivity contribution in [1.29, 1.82) is 0 Å². The van der Waals surface area contributed by atoms with Gasteiger partial charge in [-0.05, 0) is 41.5 Å². The average molecular weight is 358 g/mol. The molecule has 0 aliphatic carbocycles. The van der Waals surface area contributed by atoms with Crippen molar-refractivity contribution in [2.45, 2.75) is 58.4 Å². The van der Waals surface area contributed by atoms with Crippen molar-refractivity contribution in [3.05, 3.63) is 5.89 Å². The van der Waals surface area contributed by atoms with E-state index in [9.17, 15) is 9.59 Å².